The van der Waals surface area contributed by atoms with Crippen LogP contribution in [0.3, 0.4) is 0 Å². The second kappa shape index (κ2) is 9.09. The lowest BCUT2D eigenvalue weighted by Gasteiger charge is -2.12. The maximum atomic E-state index is 13.7. The number of rotatable bonds is 7. The highest BCUT2D eigenvalue weighted by molar-refractivity contribution is 7.89. The van der Waals surface area contributed by atoms with Gasteiger partial charge in [0.15, 0.2) is 15.8 Å². The third-order valence-corrected chi connectivity index (χ3v) is 5.08. The van der Waals surface area contributed by atoms with Gasteiger partial charge in [0, 0.05) is 18.2 Å². The monoisotopic (exact) mass is 417 g/mol. The first-order valence-corrected chi connectivity index (χ1v) is 11.3. The Hall–Kier alpha value is -2.87. The Morgan fingerprint density at radius 2 is 1.90 bits per heavy atom. The predicted octanol–water partition coefficient (Wildman–Crippen LogP) is 3.37. The van der Waals surface area contributed by atoms with Crippen LogP contribution in [-0.4, -0.2) is 27.2 Å². The van der Waals surface area contributed by atoms with Crippen molar-refractivity contribution < 1.29 is 17.2 Å². The standard InChI is InChI=1S/C21H24FN3O3S/c1-3-23-21(25-13-19-11-15-6-4-5-7-20(15)28-19)24-12-17-10-18(22)9-8-16(17)14-29(2,26)27/h4-11H,3,12-14H2,1-2H3,(H2,23,24,25). The molecule has 2 aromatic carbocycles. The molecule has 1 aromatic heterocycles. The summed E-state index contributed by atoms with van der Waals surface area (Å²) in [7, 11) is -3.23. The normalized spacial score (nSPS) is 12.3. The molecule has 0 atom stereocenters. The second-order valence-electron chi connectivity index (χ2n) is 6.78. The molecule has 6 nitrogen and oxygen atoms in total. The van der Waals surface area contributed by atoms with Crippen molar-refractivity contribution in [2.75, 3.05) is 12.8 Å². The Morgan fingerprint density at radius 1 is 1.10 bits per heavy atom. The summed E-state index contributed by atoms with van der Waals surface area (Å²) in [4.78, 5) is 4.48. The molecule has 3 rings (SSSR count). The zero-order valence-electron chi connectivity index (χ0n) is 16.4. The fraction of sp³-hybridized carbons (Fsp3) is 0.286. The van der Waals surface area contributed by atoms with Crippen molar-refractivity contribution in [3.05, 3.63) is 71.2 Å². The van der Waals surface area contributed by atoms with Crippen LogP contribution >= 0.6 is 0 Å². The van der Waals surface area contributed by atoms with E-state index in [0.717, 1.165) is 23.0 Å². The van der Waals surface area contributed by atoms with Gasteiger partial charge in [-0.15, -0.1) is 0 Å². The van der Waals surface area contributed by atoms with Gasteiger partial charge in [-0.05, 0) is 42.3 Å². The fourth-order valence-electron chi connectivity index (χ4n) is 2.97. The molecular formula is C21H24FN3O3S. The molecule has 8 heteroatoms. The molecule has 0 fully saturated rings. The molecule has 0 saturated carbocycles. The summed E-state index contributed by atoms with van der Waals surface area (Å²) in [6, 6.07) is 13.8. The van der Waals surface area contributed by atoms with Gasteiger partial charge >= 0.3 is 0 Å². The molecule has 0 bridgehead atoms. The van der Waals surface area contributed by atoms with Gasteiger partial charge in [-0.1, -0.05) is 24.3 Å². The van der Waals surface area contributed by atoms with E-state index in [2.05, 4.69) is 15.6 Å². The maximum Gasteiger partial charge on any atom is 0.191 e. The van der Waals surface area contributed by atoms with Gasteiger partial charge in [-0.25, -0.2) is 17.8 Å². The first kappa shape index (κ1) is 20.9. The summed E-state index contributed by atoms with van der Waals surface area (Å²) < 4.78 is 42.8. The summed E-state index contributed by atoms with van der Waals surface area (Å²) in [6.45, 7) is 3.17. The molecule has 0 aliphatic rings. The Kier molecular flexibility index (Phi) is 6.53. The summed E-state index contributed by atoms with van der Waals surface area (Å²) in [6.07, 6.45) is 1.16. The van der Waals surface area contributed by atoms with E-state index in [1.807, 2.05) is 37.3 Å². The molecular weight excluding hydrogens is 393 g/mol. The molecule has 0 unspecified atom stereocenters. The Balaban J connectivity index is 1.74. The average molecular weight is 418 g/mol. The predicted molar refractivity (Wildman–Crippen MR) is 113 cm³/mol. The Bertz CT molecular complexity index is 1090. The van der Waals surface area contributed by atoms with Crippen molar-refractivity contribution in [1.82, 2.24) is 10.6 Å². The lowest BCUT2D eigenvalue weighted by Crippen LogP contribution is -2.36. The van der Waals surface area contributed by atoms with Crippen LogP contribution in [-0.2, 0) is 28.7 Å². The van der Waals surface area contributed by atoms with Gasteiger partial charge in [0.05, 0.1) is 18.8 Å². The highest BCUT2D eigenvalue weighted by Gasteiger charge is 2.11. The van der Waals surface area contributed by atoms with Crippen LogP contribution in [0.15, 0.2) is 57.9 Å². The number of halogens is 1. The van der Waals surface area contributed by atoms with E-state index < -0.39 is 15.7 Å². The maximum absolute atomic E-state index is 13.7. The average Bonchev–Trinajstić information content (AvgIpc) is 3.08. The quantitative estimate of drug-likeness (QED) is 0.455. The minimum atomic E-state index is -3.23. The number of aliphatic imine (C=N–C) groups is 1. The van der Waals surface area contributed by atoms with Crippen molar-refractivity contribution in [1.29, 1.82) is 0 Å². The van der Waals surface area contributed by atoms with E-state index in [0.29, 0.717) is 30.2 Å². The van der Waals surface area contributed by atoms with E-state index in [9.17, 15) is 12.8 Å². The summed E-state index contributed by atoms with van der Waals surface area (Å²) >= 11 is 0. The zero-order chi connectivity index (χ0) is 20.9. The van der Waals surface area contributed by atoms with Crippen LogP contribution in [0.2, 0.25) is 0 Å². The van der Waals surface area contributed by atoms with Crippen molar-refractivity contribution in [2.45, 2.75) is 25.8 Å². The van der Waals surface area contributed by atoms with E-state index in [1.165, 1.54) is 18.2 Å². The van der Waals surface area contributed by atoms with Crippen molar-refractivity contribution in [3.8, 4) is 0 Å². The minimum absolute atomic E-state index is 0.151. The minimum Gasteiger partial charge on any atom is -0.459 e. The number of guanidine groups is 1. The molecule has 0 amide bonds. The third-order valence-electron chi connectivity index (χ3n) is 4.24. The van der Waals surface area contributed by atoms with Crippen molar-refractivity contribution >= 4 is 26.8 Å². The fourth-order valence-corrected chi connectivity index (χ4v) is 3.81. The number of nitrogens with zero attached hydrogens (tertiary/aromatic N) is 1. The van der Waals surface area contributed by atoms with Crippen molar-refractivity contribution in [3.63, 3.8) is 0 Å². The third kappa shape index (κ3) is 6.05. The van der Waals surface area contributed by atoms with Gasteiger partial charge in [-0.2, -0.15) is 0 Å². The van der Waals surface area contributed by atoms with Crippen LogP contribution in [0.4, 0.5) is 4.39 Å². The van der Waals surface area contributed by atoms with E-state index in [1.54, 1.807) is 0 Å². The first-order chi connectivity index (χ1) is 13.8. The smallest absolute Gasteiger partial charge is 0.191 e. The molecule has 2 N–H and O–H groups in total. The summed E-state index contributed by atoms with van der Waals surface area (Å²) in [5.41, 5.74) is 1.90. The highest BCUT2D eigenvalue weighted by atomic mass is 32.2. The SMILES string of the molecule is CCNC(=NCc1cc(F)ccc1CS(C)(=O)=O)NCc1cc2ccccc2o1. The number of nitrogens with one attached hydrogen (secondary N) is 2. The lowest BCUT2D eigenvalue weighted by molar-refractivity contribution is 0.538. The second-order valence-corrected chi connectivity index (χ2v) is 8.92. The Morgan fingerprint density at radius 3 is 2.62 bits per heavy atom. The van der Waals surface area contributed by atoms with Gasteiger partial charge in [0.2, 0.25) is 0 Å². The van der Waals surface area contributed by atoms with Crippen LogP contribution < -0.4 is 10.6 Å². The summed E-state index contributed by atoms with van der Waals surface area (Å²) in [5.74, 6) is 0.719. The van der Waals surface area contributed by atoms with Crippen LogP contribution in [0.25, 0.3) is 11.0 Å². The van der Waals surface area contributed by atoms with Crippen LogP contribution in [0, 0.1) is 5.82 Å². The van der Waals surface area contributed by atoms with Crippen molar-refractivity contribution in [2.24, 2.45) is 4.99 Å². The molecule has 0 radical (unpaired) electrons. The van der Waals surface area contributed by atoms with Gasteiger partial charge in [-0.3, -0.25) is 0 Å². The van der Waals surface area contributed by atoms with Crippen LogP contribution in [0.1, 0.15) is 23.8 Å². The number of hydrogen-bond donors (Lipinski definition) is 2. The van der Waals surface area contributed by atoms with E-state index in [4.69, 9.17) is 4.42 Å². The van der Waals surface area contributed by atoms with Gasteiger partial charge in [0.1, 0.15) is 17.2 Å². The molecule has 29 heavy (non-hydrogen) atoms. The molecule has 0 aliphatic carbocycles. The number of para-hydroxylation sites is 1. The van der Waals surface area contributed by atoms with Gasteiger partial charge < -0.3 is 15.1 Å². The highest BCUT2D eigenvalue weighted by Crippen LogP contribution is 2.19. The Labute approximate surface area is 169 Å². The molecule has 0 aliphatic heterocycles. The number of benzene rings is 2. The van der Waals surface area contributed by atoms with E-state index >= 15 is 0 Å². The number of fused-ring (bicyclic) bond motifs is 1. The zero-order valence-corrected chi connectivity index (χ0v) is 17.2. The number of hydrogen-bond acceptors (Lipinski definition) is 4. The number of furan rings is 1. The molecule has 3 aromatic rings. The number of sulfone groups is 1. The van der Waals surface area contributed by atoms with E-state index in [-0.39, 0.29) is 12.3 Å². The first-order valence-electron chi connectivity index (χ1n) is 9.28. The largest absolute Gasteiger partial charge is 0.459 e. The van der Waals surface area contributed by atoms with Crippen LogP contribution in [0.5, 0.6) is 0 Å². The molecule has 0 spiro atoms. The summed E-state index contributed by atoms with van der Waals surface area (Å²) in [5, 5.41) is 7.33. The molecule has 0 saturated heterocycles. The van der Waals surface area contributed by atoms with Gasteiger partial charge in [0.25, 0.3) is 0 Å². The lowest BCUT2D eigenvalue weighted by atomic mass is 10.1. The molecule has 1 heterocycles. The topological polar surface area (TPSA) is 83.7 Å². The molecule has 154 valence electrons.